The van der Waals surface area contributed by atoms with E-state index in [0.717, 1.165) is 4.90 Å². The van der Waals surface area contributed by atoms with Crippen molar-refractivity contribution in [3.05, 3.63) is 106 Å². The summed E-state index contributed by atoms with van der Waals surface area (Å²) >= 11 is 6.02. The maximum Gasteiger partial charge on any atom is 0.261 e. The molecule has 0 aliphatic carbocycles. The van der Waals surface area contributed by atoms with Crippen LogP contribution in [-0.2, 0) is 30.4 Å². The van der Waals surface area contributed by atoms with Crippen LogP contribution in [0.5, 0.6) is 0 Å². The number of halogens is 2. The van der Waals surface area contributed by atoms with Crippen LogP contribution >= 0.6 is 11.6 Å². The van der Waals surface area contributed by atoms with Gasteiger partial charge in [-0.1, -0.05) is 41.9 Å². The third-order valence-electron chi connectivity index (χ3n) is 7.16. The number of nitrogens with zero attached hydrogens (tertiary/aromatic N) is 5. The zero-order valence-corrected chi connectivity index (χ0v) is 22.9. The second-order valence-corrected chi connectivity index (χ2v) is 10.1. The molecule has 41 heavy (non-hydrogen) atoms. The van der Waals surface area contributed by atoms with E-state index in [4.69, 9.17) is 16.3 Å². The van der Waals surface area contributed by atoms with E-state index in [-0.39, 0.29) is 48.4 Å². The van der Waals surface area contributed by atoms with Gasteiger partial charge in [0.25, 0.3) is 5.91 Å². The van der Waals surface area contributed by atoms with Gasteiger partial charge in [-0.15, -0.1) is 0 Å². The zero-order valence-electron chi connectivity index (χ0n) is 22.2. The Bertz CT molecular complexity index is 1620. The summed E-state index contributed by atoms with van der Waals surface area (Å²) in [5, 5.41) is 31.1. The third-order valence-corrected chi connectivity index (χ3v) is 7.41. The maximum absolute atomic E-state index is 16.3. The largest absolute Gasteiger partial charge is 0.394 e. The Morgan fingerprint density at radius 1 is 1.20 bits per heavy atom. The lowest BCUT2D eigenvalue weighted by atomic mass is 9.92. The number of carbonyl (C=O) groups is 1. The number of imidazole rings is 1. The molecule has 4 aromatic rings. The number of ether oxygens (including phenoxy) is 1. The first-order valence-electron chi connectivity index (χ1n) is 13.0. The zero-order chi connectivity index (χ0) is 29.1. The van der Waals surface area contributed by atoms with Crippen LogP contribution in [0.15, 0.2) is 67.0 Å². The number of aliphatic hydroxyl groups is 2. The molecule has 9 nitrogen and oxygen atoms in total. The number of benzene rings is 2. The molecule has 0 saturated heterocycles. The normalized spacial score (nSPS) is 17.0. The van der Waals surface area contributed by atoms with Gasteiger partial charge in [-0.05, 0) is 36.2 Å². The molecule has 3 heterocycles. The summed E-state index contributed by atoms with van der Waals surface area (Å²) in [4.78, 5) is 23.8. The van der Waals surface area contributed by atoms with Crippen LogP contribution in [0.4, 0.5) is 4.39 Å². The van der Waals surface area contributed by atoms with Crippen LogP contribution in [0.3, 0.4) is 0 Å². The van der Waals surface area contributed by atoms with Gasteiger partial charge in [0.15, 0.2) is 5.72 Å². The minimum absolute atomic E-state index is 0.0755. The summed E-state index contributed by atoms with van der Waals surface area (Å²) in [6.07, 6.45) is 2.28. The molecule has 0 fully saturated rings. The number of rotatable bonds is 10. The molecule has 5 rings (SSSR count). The van der Waals surface area contributed by atoms with Gasteiger partial charge in [0, 0.05) is 54.1 Å². The number of nitriles is 1. The number of aromatic nitrogens is 3. The highest BCUT2D eigenvalue weighted by Crippen LogP contribution is 2.46. The van der Waals surface area contributed by atoms with Gasteiger partial charge in [-0.2, -0.15) is 5.26 Å². The lowest BCUT2D eigenvalue weighted by Crippen LogP contribution is -2.53. The van der Waals surface area contributed by atoms with Crippen molar-refractivity contribution in [2.45, 2.75) is 31.2 Å². The molecule has 2 aromatic carbocycles. The number of aryl methyl sites for hydroxylation is 2. The van der Waals surface area contributed by atoms with Crippen LogP contribution in [0.2, 0.25) is 5.02 Å². The van der Waals surface area contributed by atoms with Crippen molar-refractivity contribution in [3.8, 4) is 17.2 Å². The van der Waals surface area contributed by atoms with E-state index in [1.54, 1.807) is 65.5 Å². The van der Waals surface area contributed by atoms with Crippen molar-refractivity contribution in [2.24, 2.45) is 7.05 Å². The number of hydrogen-bond donors (Lipinski definition) is 2. The summed E-state index contributed by atoms with van der Waals surface area (Å²) < 4.78 is 24.3. The predicted octanol–water partition coefficient (Wildman–Crippen LogP) is 3.96. The number of carbonyl (C=O) groups excluding carboxylic acids is 1. The van der Waals surface area contributed by atoms with Crippen molar-refractivity contribution in [1.29, 1.82) is 5.26 Å². The number of aliphatic hydroxyl groups excluding tert-OH is 2. The molecule has 0 radical (unpaired) electrons. The second-order valence-electron chi connectivity index (χ2n) is 9.66. The number of pyridine rings is 1. The maximum atomic E-state index is 16.3. The quantitative estimate of drug-likeness (QED) is 0.293. The molecular formula is C30H27ClFN5O4. The predicted molar refractivity (Wildman–Crippen MR) is 148 cm³/mol. The Kier molecular flexibility index (Phi) is 8.15. The van der Waals surface area contributed by atoms with Gasteiger partial charge in [0.05, 0.1) is 18.8 Å². The van der Waals surface area contributed by atoms with Gasteiger partial charge in [0.1, 0.15) is 29.6 Å². The molecule has 0 bridgehead atoms. The van der Waals surface area contributed by atoms with E-state index in [2.05, 4.69) is 9.97 Å². The van der Waals surface area contributed by atoms with Crippen LogP contribution in [0.25, 0.3) is 11.1 Å². The molecule has 210 valence electrons. The topological polar surface area (TPSA) is 125 Å². The summed E-state index contributed by atoms with van der Waals surface area (Å²) in [6.45, 7) is -0.604. The highest BCUT2D eigenvalue weighted by molar-refractivity contribution is 6.30. The van der Waals surface area contributed by atoms with Gasteiger partial charge in [0.2, 0.25) is 0 Å². The van der Waals surface area contributed by atoms with E-state index >= 15 is 4.39 Å². The molecular weight excluding hydrogens is 549 g/mol. The summed E-state index contributed by atoms with van der Waals surface area (Å²) in [5.74, 6) is -0.853. The Hall–Kier alpha value is -4.14. The number of amides is 1. The molecule has 2 atom stereocenters. The molecule has 1 unspecified atom stereocenters. The summed E-state index contributed by atoms with van der Waals surface area (Å²) in [6, 6.07) is 16.5. The van der Waals surface area contributed by atoms with Gasteiger partial charge < -0.3 is 19.5 Å². The minimum atomic E-state index is -1.73. The van der Waals surface area contributed by atoms with Crippen LogP contribution in [0, 0.1) is 17.1 Å². The van der Waals surface area contributed by atoms with Crippen molar-refractivity contribution >= 4 is 17.5 Å². The van der Waals surface area contributed by atoms with Crippen molar-refractivity contribution in [3.63, 3.8) is 0 Å². The Labute approximate surface area is 241 Å². The minimum Gasteiger partial charge on any atom is -0.394 e. The molecule has 0 saturated carbocycles. The van der Waals surface area contributed by atoms with Crippen molar-refractivity contribution in [2.75, 3.05) is 13.2 Å². The highest BCUT2D eigenvalue weighted by atomic mass is 35.5. The monoisotopic (exact) mass is 575 g/mol. The fourth-order valence-corrected chi connectivity index (χ4v) is 5.38. The summed E-state index contributed by atoms with van der Waals surface area (Å²) in [7, 11) is 1.82. The molecule has 1 amide bonds. The molecule has 2 N–H and O–H groups in total. The van der Waals surface area contributed by atoms with E-state index in [1.807, 2.05) is 13.1 Å². The van der Waals surface area contributed by atoms with Gasteiger partial charge in [-0.3, -0.25) is 9.69 Å². The van der Waals surface area contributed by atoms with Crippen molar-refractivity contribution < 1.29 is 24.1 Å². The Balaban J connectivity index is 1.65. The smallest absolute Gasteiger partial charge is 0.261 e. The van der Waals surface area contributed by atoms with Gasteiger partial charge in [-0.25, -0.2) is 14.4 Å². The van der Waals surface area contributed by atoms with Crippen LogP contribution in [-0.4, -0.2) is 55.0 Å². The van der Waals surface area contributed by atoms with E-state index in [1.165, 1.54) is 6.07 Å². The SMILES string of the molecule is Cn1ccnc1CCC(O)N1C(=O)c2c(ccc(-c3ccc(Cl)cc3)c2F)[C@@]1(Cc1cccc(C#N)n1)OCCO. The Morgan fingerprint density at radius 2 is 1.98 bits per heavy atom. The fraction of sp³-hybridized carbons (Fsp3) is 0.267. The fourth-order valence-electron chi connectivity index (χ4n) is 5.26. The van der Waals surface area contributed by atoms with Gasteiger partial charge >= 0.3 is 0 Å². The lowest BCUT2D eigenvalue weighted by molar-refractivity contribution is -0.189. The number of fused-ring (bicyclic) bond motifs is 1. The third kappa shape index (κ3) is 5.33. The number of hydrogen-bond acceptors (Lipinski definition) is 7. The first-order chi connectivity index (χ1) is 19.8. The van der Waals surface area contributed by atoms with E-state index < -0.39 is 23.7 Å². The second kappa shape index (κ2) is 11.8. The standard InChI is InChI=1S/C30H27ClFN5O4/c1-36-14-13-34-25(36)11-12-26(39)37-29(40)27-24(10-9-23(28(27)32)19-5-7-20(31)8-6-19)30(37,41-16-15-38)17-21-3-2-4-22(18-33)35-21/h2-10,13-14,26,38-39H,11-12,15-17H2,1H3/t26?,30-/m1/s1. The summed E-state index contributed by atoms with van der Waals surface area (Å²) in [5.41, 5.74) is -0.562. The van der Waals surface area contributed by atoms with Crippen LogP contribution in [0.1, 0.15) is 39.6 Å². The van der Waals surface area contributed by atoms with E-state index in [0.29, 0.717) is 28.5 Å². The molecule has 1 aliphatic rings. The average Bonchev–Trinajstić information content (AvgIpc) is 3.49. The lowest BCUT2D eigenvalue weighted by Gasteiger charge is -2.41. The Morgan fingerprint density at radius 3 is 2.66 bits per heavy atom. The first kappa shape index (κ1) is 28.4. The molecule has 1 aliphatic heterocycles. The average molecular weight is 576 g/mol. The molecule has 2 aromatic heterocycles. The first-order valence-corrected chi connectivity index (χ1v) is 13.3. The van der Waals surface area contributed by atoms with Crippen LogP contribution < -0.4 is 0 Å². The highest BCUT2D eigenvalue weighted by Gasteiger charge is 2.55. The van der Waals surface area contributed by atoms with E-state index in [9.17, 15) is 20.3 Å². The molecule has 0 spiro atoms. The van der Waals surface area contributed by atoms with Crippen molar-refractivity contribution in [1.82, 2.24) is 19.4 Å². The molecule has 11 heteroatoms.